The predicted molar refractivity (Wildman–Crippen MR) is 139 cm³/mol. The Hall–Kier alpha value is -1.82. The average molecular weight is 524 g/mol. The quantitative estimate of drug-likeness (QED) is 0.142. The van der Waals surface area contributed by atoms with E-state index in [0.29, 0.717) is 85.2 Å². The van der Waals surface area contributed by atoms with Crippen LogP contribution in [-0.2, 0) is 35.0 Å². The van der Waals surface area contributed by atoms with Crippen molar-refractivity contribution in [2.24, 2.45) is 11.8 Å². The number of ether oxygens (including phenoxy) is 7. The highest BCUT2D eigenvalue weighted by Crippen LogP contribution is 2.40. The largest absolute Gasteiger partial charge is 0.473 e. The molecule has 2 unspecified atom stereocenters. The molecule has 2 atom stereocenters. The summed E-state index contributed by atoms with van der Waals surface area (Å²) in [5.74, 6) is 1.99. The maximum Gasteiger partial charge on any atom is 0.253 e. The van der Waals surface area contributed by atoms with Crippen LogP contribution in [0.4, 0.5) is 0 Å². The lowest BCUT2D eigenvalue weighted by Crippen LogP contribution is -2.14. The van der Waals surface area contributed by atoms with Gasteiger partial charge in [0.05, 0.1) is 78.9 Å². The highest BCUT2D eigenvalue weighted by molar-refractivity contribution is 5.29. The summed E-state index contributed by atoms with van der Waals surface area (Å²) >= 11 is 0. The maximum atomic E-state index is 5.61. The highest BCUT2D eigenvalue weighted by Gasteiger charge is 2.26. The van der Waals surface area contributed by atoms with Crippen LogP contribution < -0.4 is 4.74 Å². The number of aryl methyl sites for hydroxylation is 1. The Kier molecular flexibility index (Phi) is 15.5. The van der Waals surface area contributed by atoms with Crippen LogP contribution in [0.1, 0.15) is 32.1 Å². The first-order chi connectivity index (χ1) is 18.3. The van der Waals surface area contributed by atoms with Crippen LogP contribution in [0, 0.1) is 11.8 Å². The summed E-state index contributed by atoms with van der Waals surface area (Å²) in [6, 6.07) is 0. The SMILES string of the molecule is COCCOCCOCCOCCOCCOCCOc1cn(CCCCCC2=CC3C=CC2C3)nn1. The van der Waals surface area contributed by atoms with Gasteiger partial charge in [0, 0.05) is 13.7 Å². The molecule has 1 aromatic heterocycles. The Morgan fingerprint density at radius 2 is 1.38 bits per heavy atom. The Balaban J connectivity index is 1.03. The molecule has 0 saturated carbocycles. The Morgan fingerprint density at radius 3 is 1.95 bits per heavy atom. The molecule has 0 N–H and O–H groups in total. The van der Waals surface area contributed by atoms with Crippen molar-refractivity contribution in [1.29, 1.82) is 0 Å². The number of aromatic nitrogens is 3. The van der Waals surface area contributed by atoms with Crippen LogP contribution in [0.25, 0.3) is 0 Å². The molecule has 0 amide bonds. The van der Waals surface area contributed by atoms with Gasteiger partial charge in [-0.15, -0.1) is 0 Å². The molecule has 2 bridgehead atoms. The smallest absolute Gasteiger partial charge is 0.253 e. The molecule has 1 aromatic rings. The van der Waals surface area contributed by atoms with E-state index in [1.807, 2.05) is 10.9 Å². The molecular formula is C27H45N3O7. The molecule has 0 aromatic carbocycles. The number of unbranched alkanes of at least 4 members (excludes halogenated alkanes) is 2. The molecule has 210 valence electrons. The lowest BCUT2D eigenvalue weighted by molar-refractivity contribution is -0.0159. The second-order valence-corrected chi connectivity index (χ2v) is 9.17. The lowest BCUT2D eigenvalue weighted by atomic mass is 9.97. The van der Waals surface area contributed by atoms with E-state index in [4.69, 9.17) is 33.2 Å². The summed E-state index contributed by atoms with van der Waals surface area (Å²) in [7, 11) is 1.65. The maximum absolute atomic E-state index is 5.61. The average Bonchev–Trinajstić information content (AvgIpc) is 3.66. The number of rotatable bonds is 25. The summed E-state index contributed by atoms with van der Waals surface area (Å²) < 4.78 is 39.5. The van der Waals surface area contributed by atoms with Crippen LogP contribution >= 0.6 is 0 Å². The van der Waals surface area contributed by atoms with Gasteiger partial charge in [0.25, 0.3) is 5.88 Å². The van der Waals surface area contributed by atoms with Crippen molar-refractivity contribution in [3.63, 3.8) is 0 Å². The van der Waals surface area contributed by atoms with Crippen LogP contribution in [0.2, 0.25) is 0 Å². The summed E-state index contributed by atoms with van der Waals surface area (Å²) in [5.41, 5.74) is 1.65. The summed E-state index contributed by atoms with van der Waals surface area (Å²) in [5, 5.41) is 8.23. The monoisotopic (exact) mass is 523 g/mol. The van der Waals surface area contributed by atoms with Crippen molar-refractivity contribution in [3.8, 4) is 5.88 Å². The molecule has 2 aliphatic rings. The van der Waals surface area contributed by atoms with Gasteiger partial charge in [-0.2, -0.15) is 0 Å². The lowest BCUT2D eigenvalue weighted by Gasteiger charge is -2.09. The zero-order valence-electron chi connectivity index (χ0n) is 22.4. The Morgan fingerprint density at radius 1 is 0.757 bits per heavy atom. The van der Waals surface area contributed by atoms with E-state index in [1.54, 1.807) is 12.7 Å². The minimum absolute atomic E-state index is 0.435. The van der Waals surface area contributed by atoms with Gasteiger partial charge in [0.15, 0.2) is 0 Å². The number of hydrogen-bond acceptors (Lipinski definition) is 9. The second kappa shape index (κ2) is 19.3. The normalized spacial score (nSPS) is 18.1. The zero-order chi connectivity index (χ0) is 25.8. The van der Waals surface area contributed by atoms with Gasteiger partial charge in [0.1, 0.15) is 6.61 Å². The molecule has 0 fully saturated rings. The molecular weight excluding hydrogens is 478 g/mol. The van der Waals surface area contributed by atoms with Gasteiger partial charge in [-0.1, -0.05) is 40.5 Å². The third-order valence-electron chi connectivity index (χ3n) is 6.29. The Labute approximate surface area is 221 Å². The number of fused-ring (bicyclic) bond motifs is 2. The van der Waals surface area contributed by atoms with E-state index >= 15 is 0 Å². The molecule has 1 heterocycles. The van der Waals surface area contributed by atoms with Crippen molar-refractivity contribution < 1.29 is 33.2 Å². The van der Waals surface area contributed by atoms with E-state index in [2.05, 4.69) is 28.5 Å². The summed E-state index contributed by atoms with van der Waals surface area (Å²) in [4.78, 5) is 0. The molecule has 0 aliphatic heterocycles. The van der Waals surface area contributed by atoms with Crippen molar-refractivity contribution in [2.45, 2.75) is 38.6 Å². The van der Waals surface area contributed by atoms with Crippen molar-refractivity contribution in [2.75, 3.05) is 86.4 Å². The fraction of sp³-hybridized carbons (Fsp3) is 0.778. The topological polar surface area (TPSA) is 95.3 Å². The van der Waals surface area contributed by atoms with Crippen molar-refractivity contribution >= 4 is 0 Å². The standard InChI is InChI=1S/C27H45N3O7/c1-31-9-10-32-11-12-33-13-14-34-15-16-35-17-18-36-19-20-37-27-23-30(29-28-27)8-4-2-3-5-25-21-24-6-7-26(25)22-24/h6-7,21,23-24,26H,2-5,8-20,22H2,1H3. The van der Waals surface area contributed by atoms with Gasteiger partial charge in [0.2, 0.25) is 0 Å². The molecule has 37 heavy (non-hydrogen) atoms. The minimum atomic E-state index is 0.435. The van der Waals surface area contributed by atoms with Gasteiger partial charge in [-0.05, 0) is 37.5 Å². The molecule has 0 spiro atoms. The van der Waals surface area contributed by atoms with E-state index < -0.39 is 0 Å². The fourth-order valence-corrected chi connectivity index (χ4v) is 4.36. The molecule has 0 saturated heterocycles. The van der Waals surface area contributed by atoms with Gasteiger partial charge < -0.3 is 33.2 Å². The zero-order valence-corrected chi connectivity index (χ0v) is 22.4. The van der Waals surface area contributed by atoms with Gasteiger partial charge >= 0.3 is 0 Å². The molecule has 10 nitrogen and oxygen atoms in total. The number of methoxy groups -OCH3 is 1. The van der Waals surface area contributed by atoms with Crippen LogP contribution in [0.5, 0.6) is 5.88 Å². The Bertz CT molecular complexity index is 771. The van der Waals surface area contributed by atoms with Crippen LogP contribution in [0.15, 0.2) is 30.0 Å². The third-order valence-corrected chi connectivity index (χ3v) is 6.29. The first-order valence-electron chi connectivity index (χ1n) is 13.6. The van der Waals surface area contributed by atoms with Crippen LogP contribution in [-0.4, -0.2) is 101 Å². The van der Waals surface area contributed by atoms with E-state index in [-0.39, 0.29) is 0 Å². The van der Waals surface area contributed by atoms with Gasteiger partial charge in [-0.25, -0.2) is 4.68 Å². The third kappa shape index (κ3) is 13.0. The van der Waals surface area contributed by atoms with E-state index in [1.165, 1.54) is 25.7 Å². The second-order valence-electron chi connectivity index (χ2n) is 9.17. The first kappa shape index (κ1) is 29.7. The van der Waals surface area contributed by atoms with Crippen molar-refractivity contribution in [1.82, 2.24) is 15.0 Å². The number of nitrogens with zero attached hydrogens (tertiary/aromatic N) is 3. The number of allylic oxidation sites excluding steroid dienone is 4. The van der Waals surface area contributed by atoms with E-state index in [9.17, 15) is 0 Å². The first-order valence-corrected chi connectivity index (χ1v) is 13.6. The van der Waals surface area contributed by atoms with Crippen molar-refractivity contribution in [3.05, 3.63) is 30.0 Å². The summed E-state index contributed by atoms with van der Waals surface area (Å²) in [6.07, 6.45) is 15.2. The van der Waals surface area contributed by atoms with Gasteiger partial charge in [-0.3, -0.25) is 0 Å². The molecule has 3 rings (SSSR count). The minimum Gasteiger partial charge on any atom is -0.473 e. The highest BCUT2D eigenvalue weighted by atomic mass is 16.6. The molecule has 0 radical (unpaired) electrons. The summed E-state index contributed by atoms with van der Waals surface area (Å²) in [6.45, 7) is 7.27. The fourth-order valence-electron chi connectivity index (χ4n) is 4.36. The molecule has 2 aliphatic carbocycles. The van der Waals surface area contributed by atoms with E-state index in [0.717, 1.165) is 24.8 Å². The number of hydrogen-bond donors (Lipinski definition) is 0. The predicted octanol–water partition coefficient (Wildman–Crippen LogP) is 3.08. The molecule has 10 heteroatoms. The van der Waals surface area contributed by atoms with Crippen LogP contribution in [0.3, 0.4) is 0 Å².